The molecule has 2 fully saturated rings. The van der Waals surface area contributed by atoms with Gasteiger partial charge in [-0.1, -0.05) is 0 Å². The minimum atomic E-state index is 0.360. The molecule has 1 aromatic heterocycles. The van der Waals surface area contributed by atoms with Crippen LogP contribution in [-0.4, -0.2) is 34.4 Å². The van der Waals surface area contributed by atoms with E-state index in [-0.39, 0.29) is 0 Å². The van der Waals surface area contributed by atoms with Crippen LogP contribution in [0.2, 0.25) is 0 Å². The van der Waals surface area contributed by atoms with Crippen molar-refractivity contribution in [3.05, 3.63) is 23.5 Å². The molecule has 4 rings (SSSR count). The lowest BCUT2D eigenvalue weighted by molar-refractivity contribution is 0.0970. The Labute approximate surface area is 114 Å². The lowest BCUT2D eigenvalue weighted by Crippen LogP contribution is -2.39. The molecule has 0 bridgehead atoms. The molecule has 0 radical (unpaired) electrons. The summed E-state index contributed by atoms with van der Waals surface area (Å²) in [5.41, 5.74) is 2.34. The number of Topliss-reactive ketones (excluding diaryl/α,β-unsaturated/α-hetero) is 1. The minimum Gasteiger partial charge on any atom is -0.348 e. The van der Waals surface area contributed by atoms with Gasteiger partial charge in [-0.3, -0.25) is 4.79 Å². The summed E-state index contributed by atoms with van der Waals surface area (Å²) in [7, 11) is 0. The van der Waals surface area contributed by atoms with Gasteiger partial charge in [0.05, 0.1) is 0 Å². The van der Waals surface area contributed by atoms with Crippen LogP contribution in [-0.2, 0) is 6.42 Å². The largest absolute Gasteiger partial charge is 0.348 e. The molecule has 0 spiro atoms. The van der Waals surface area contributed by atoms with E-state index in [2.05, 4.69) is 21.7 Å². The number of piperidine rings is 1. The Morgan fingerprint density at radius 3 is 2.95 bits per heavy atom. The molecule has 0 N–H and O–H groups in total. The number of aromatic nitrogens is 1. The van der Waals surface area contributed by atoms with Gasteiger partial charge in [-0.05, 0) is 51.1 Å². The first-order chi connectivity index (χ1) is 9.33. The molecular weight excluding hydrogens is 236 g/mol. The van der Waals surface area contributed by atoms with Crippen molar-refractivity contribution in [1.82, 2.24) is 9.47 Å². The Morgan fingerprint density at radius 2 is 2.00 bits per heavy atom. The smallest absolute Gasteiger partial charge is 0.164 e. The van der Waals surface area contributed by atoms with E-state index >= 15 is 0 Å². The Hall–Kier alpha value is -1.09. The molecule has 19 heavy (non-hydrogen) atoms. The third kappa shape index (κ3) is 1.86. The highest BCUT2D eigenvalue weighted by Crippen LogP contribution is 2.35. The van der Waals surface area contributed by atoms with E-state index in [1.165, 1.54) is 44.5 Å². The molecule has 0 amide bonds. The second-order valence-corrected chi connectivity index (χ2v) is 6.37. The van der Waals surface area contributed by atoms with Gasteiger partial charge in [0.1, 0.15) is 0 Å². The Balaban J connectivity index is 1.61. The minimum absolute atomic E-state index is 0.360. The fraction of sp³-hybridized carbons (Fsp3) is 0.688. The second kappa shape index (κ2) is 4.48. The fourth-order valence-electron chi connectivity index (χ4n) is 4.35. The summed E-state index contributed by atoms with van der Waals surface area (Å²) in [6, 6.07) is 3.50. The van der Waals surface area contributed by atoms with E-state index in [4.69, 9.17) is 0 Å². The SMILES string of the molecule is O=C1CCCc2c1ccn2C1CCN2CCCC2C1. The van der Waals surface area contributed by atoms with Gasteiger partial charge in [0.2, 0.25) is 0 Å². The molecule has 2 saturated heterocycles. The number of ketones is 1. The lowest BCUT2D eigenvalue weighted by atomic mass is 9.94. The molecule has 2 aliphatic heterocycles. The molecule has 1 aromatic rings. The quantitative estimate of drug-likeness (QED) is 0.774. The van der Waals surface area contributed by atoms with Crippen molar-refractivity contribution < 1.29 is 4.79 Å². The number of hydrogen-bond donors (Lipinski definition) is 0. The fourth-order valence-corrected chi connectivity index (χ4v) is 4.35. The van der Waals surface area contributed by atoms with Crippen molar-refractivity contribution in [3.8, 4) is 0 Å². The van der Waals surface area contributed by atoms with Gasteiger partial charge in [-0.2, -0.15) is 0 Å². The third-order valence-corrected chi connectivity index (χ3v) is 5.33. The maximum absolute atomic E-state index is 11.9. The third-order valence-electron chi connectivity index (χ3n) is 5.33. The summed E-state index contributed by atoms with van der Waals surface area (Å²) >= 11 is 0. The van der Waals surface area contributed by atoms with Crippen molar-refractivity contribution in [2.45, 2.75) is 57.0 Å². The summed E-state index contributed by atoms with van der Waals surface area (Å²) in [5.74, 6) is 0.360. The Bertz CT molecular complexity index is 505. The molecule has 0 saturated carbocycles. The van der Waals surface area contributed by atoms with E-state index < -0.39 is 0 Å². The van der Waals surface area contributed by atoms with Crippen LogP contribution in [0.15, 0.2) is 12.3 Å². The molecule has 3 aliphatic rings. The maximum atomic E-state index is 11.9. The van der Waals surface area contributed by atoms with Crippen LogP contribution in [0.5, 0.6) is 0 Å². The van der Waals surface area contributed by atoms with Crippen LogP contribution in [0.1, 0.15) is 60.6 Å². The topological polar surface area (TPSA) is 25.2 Å². The molecule has 3 heteroatoms. The van der Waals surface area contributed by atoms with Crippen LogP contribution < -0.4 is 0 Å². The number of hydrogen-bond acceptors (Lipinski definition) is 2. The Kier molecular flexibility index (Phi) is 2.76. The average molecular weight is 258 g/mol. The predicted molar refractivity (Wildman–Crippen MR) is 74.6 cm³/mol. The molecule has 3 nitrogen and oxygen atoms in total. The van der Waals surface area contributed by atoms with E-state index in [0.717, 1.165) is 30.9 Å². The maximum Gasteiger partial charge on any atom is 0.164 e. The highest BCUT2D eigenvalue weighted by molar-refractivity contribution is 5.98. The van der Waals surface area contributed by atoms with E-state index in [0.29, 0.717) is 11.8 Å². The first-order valence-corrected chi connectivity index (χ1v) is 7.80. The number of carbonyl (C=O) groups excluding carboxylic acids is 1. The zero-order chi connectivity index (χ0) is 12.8. The number of fused-ring (bicyclic) bond motifs is 2. The highest BCUT2D eigenvalue weighted by atomic mass is 16.1. The van der Waals surface area contributed by atoms with Crippen LogP contribution in [0, 0.1) is 0 Å². The molecule has 1 aliphatic carbocycles. The van der Waals surface area contributed by atoms with Crippen molar-refractivity contribution in [2.75, 3.05) is 13.1 Å². The monoisotopic (exact) mass is 258 g/mol. The van der Waals surface area contributed by atoms with Crippen LogP contribution in [0.25, 0.3) is 0 Å². The first kappa shape index (κ1) is 11.7. The van der Waals surface area contributed by atoms with Crippen molar-refractivity contribution >= 4 is 5.78 Å². The van der Waals surface area contributed by atoms with Crippen molar-refractivity contribution in [2.24, 2.45) is 0 Å². The molecule has 3 heterocycles. The van der Waals surface area contributed by atoms with Gasteiger partial charge in [0.15, 0.2) is 5.78 Å². The van der Waals surface area contributed by atoms with Crippen molar-refractivity contribution in [3.63, 3.8) is 0 Å². The number of rotatable bonds is 1. The summed E-state index contributed by atoms with van der Waals surface area (Å²) < 4.78 is 2.45. The average Bonchev–Trinajstić information content (AvgIpc) is 3.04. The standard InChI is InChI=1S/C16H22N2O/c19-16-5-1-4-15-14(16)7-10-18(15)13-6-9-17-8-2-3-12(17)11-13/h7,10,12-13H,1-6,8-9,11H2. The van der Waals surface area contributed by atoms with Gasteiger partial charge in [0.25, 0.3) is 0 Å². The molecule has 0 aromatic carbocycles. The van der Waals surface area contributed by atoms with Gasteiger partial charge < -0.3 is 9.47 Å². The molecule has 102 valence electrons. The summed E-state index contributed by atoms with van der Waals surface area (Å²) in [6.45, 7) is 2.55. The molecule has 2 unspecified atom stereocenters. The number of carbonyl (C=O) groups is 1. The van der Waals surface area contributed by atoms with Gasteiger partial charge in [-0.25, -0.2) is 0 Å². The van der Waals surface area contributed by atoms with Crippen LogP contribution in [0.3, 0.4) is 0 Å². The zero-order valence-corrected chi connectivity index (χ0v) is 11.5. The van der Waals surface area contributed by atoms with Crippen LogP contribution in [0.4, 0.5) is 0 Å². The van der Waals surface area contributed by atoms with Gasteiger partial charge in [0, 0.05) is 42.5 Å². The summed E-state index contributed by atoms with van der Waals surface area (Å²) in [5, 5.41) is 0. The zero-order valence-electron chi connectivity index (χ0n) is 11.5. The summed E-state index contributed by atoms with van der Waals surface area (Å²) in [6.07, 6.45) is 10.4. The van der Waals surface area contributed by atoms with Crippen LogP contribution >= 0.6 is 0 Å². The van der Waals surface area contributed by atoms with Gasteiger partial charge in [-0.15, -0.1) is 0 Å². The lowest BCUT2D eigenvalue weighted by Gasteiger charge is -2.36. The molecule has 2 atom stereocenters. The highest BCUT2D eigenvalue weighted by Gasteiger charge is 2.33. The second-order valence-electron chi connectivity index (χ2n) is 6.37. The van der Waals surface area contributed by atoms with E-state index in [1.807, 2.05) is 0 Å². The predicted octanol–water partition coefficient (Wildman–Crippen LogP) is 2.81. The normalized spacial score (nSPS) is 31.3. The van der Waals surface area contributed by atoms with Gasteiger partial charge >= 0.3 is 0 Å². The molecular formula is C16H22N2O. The van der Waals surface area contributed by atoms with E-state index in [9.17, 15) is 4.79 Å². The first-order valence-electron chi connectivity index (χ1n) is 7.80. The Morgan fingerprint density at radius 1 is 1.05 bits per heavy atom. The number of nitrogens with zero attached hydrogens (tertiary/aromatic N) is 2. The van der Waals surface area contributed by atoms with Crippen molar-refractivity contribution in [1.29, 1.82) is 0 Å². The van der Waals surface area contributed by atoms with E-state index in [1.54, 1.807) is 0 Å². The summed E-state index contributed by atoms with van der Waals surface area (Å²) in [4.78, 5) is 14.6.